The van der Waals surface area contributed by atoms with E-state index in [1.54, 1.807) is 20.8 Å². The first-order chi connectivity index (χ1) is 18.5. The monoisotopic (exact) mass is 527 g/mol. The van der Waals surface area contributed by atoms with Crippen LogP contribution in [0, 0.1) is 11.3 Å². The quantitative estimate of drug-likeness (QED) is 0.283. The molecule has 0 saturated heterocycles. The van der Waals surface area contributed by atoms with Gasteiger partial charge in [-0.3, -0.25) is 9.59 Å². The van der Waals surface area contributed by atoms with Crippen molar-refractivity contribution in [2.45, 2.75) is 46.1 Å². The Balaban J connectivity index is 1.56. The summed E-state index contributed by atoms with van der Waals surface area (Å²) >= 11 is 0. The van der Waals surface area contributed by atoms with Crippen LogP contribution in [0.15, 0.2) is 72.8 Å². The van der Waals surface area contributed by atoms with Crippen molar-refractivity contribution in [2.24, 2.45) is 17.1 Å². The summed E-state index contributed by atoms with van der Waals surface area (Å²) in [7, 11) is 0. The zero-order chi connectivity index (χ0) is 28.2. The van der Waals surface area contributed by atoms with Crippen LogP contribution < -0.4 is 27.0 Å². The van der Waals surface area contributed by atoms with Gasteiger partial charge >= 0.3 is 6.03 Å². The summed E-state index contributed by atoms with van der Waals surface area (Å²) < 4.78 is 0. The first-order valence-electron chi connectivity index (χ1n) is 13.3. The second-order valence-corrected chi connectivity index (χ2v) is 10.7. The molecule has 204 valence electrons. The summed E-state index contributed by atoms with van der Waals surface area (Å²) in [4.78, 5) is 39.4. The van der Waals surface area contributed by atoms with E-state index in [0.29, 0.717) is 30.8 Å². The van der Waals surface area contributed by atoms with Crippen molar-refractivity contribution in [1.29, 1.82) is 0 Å². The van der Waals surface area contributed by atoms with Gasteiger partial charge in [-0.15, -0.1) is 0 Å². The van der Waals surface area contributed by atoms with E-state index in [4.69, 9.17) is 5.73 Å². The van der Waals surface area contributed by atoms with Crippen molar-refractivity contribution in [1.82, 2.24) is 5.32 Å². The zero-order valence-corrected chi connectivity index (χ0v) is 22.9. The summed E-state index contributed by atoms with van der Waals surface area (Å²) in [6, 6.07) is 22.3. The third-order valence-corrected chi connectivity index (χ3v) is 7.77. The van der Waals surface area contributed by atoms with Gasteiger partial charge in [0.2, 0.25) is 11.8 Å². The van der Waals surface area contributed by atoms with Crippen LogP contribution in [0.2, 0.25) is 0 Å². The molecule has 8 heteroatoms. The number of nitrogens with two attached hydrogens (primary N) is 1. The number of aryl methyl sites for hydroxylation is 1. The number of hydrogen-bond acceptors (Lipinski definition) is 4. The number of benzene rings is 3. The lowest BCUT2D eigenvalue weighted by Crippen LogP contribution is -2.61. The average Bonchev–Trinajstić information content (AvgIpc) is 3.06. The van der Waals surface area contributed by atoms with Gasteiger partial charge in [0, 0.05) is 29.0 Å². The number of fused-ring (bicyclic) bond motifs is 1. The summed E-state index contributed by atoms with van der Waals surface area (Å²) in [6.07, 6.45) is 1.17. The summed E-state index contributed by atoms with van der Waals surface area (Å²) in [5.74, 6) is -1.15. The van der Waals surface area contributed by atoms with E-state index in [1.807, 2.05) is 79.7 Å². The molecule has 4 rings (SSSR count). The molecule has 0 bridgehead atoms. The topological polar surface area (TPSA) is 125 Å². The molecule has 0 radical (unpaired) electrons. The van der Waals surface area contributed by atoms with E-state index in [-0.39, 0.29) is 17.8 Å². The number of nitrogens with one attached hydrogen (secondary N) is 4. The molecule has 2 atom stereocenters. The molecule has 3 aromatic carbocycles. The largest absolute Gasteiger partial charge is 0.338 e. The van der Waals surface area contributed by atoms with Crippen molar-refractivity contribution in [2.75, 3.05) is 22.5 Å². The van der Waals surface area contributed by atoms with Gasteiger partial charge in [-0.25, -0.2) is 4.79 Å². The van der Waals surface area contributed by atoms with E-state index in [0.717, 1.165) is 22.4 Å². The van der Waals surface area contributed by atoms with E-state index in [1.165, 1.54) is 0 Å². The number of para-hydroxylation sites is 2. The predicted octanol–water partition coefficient (Wildman–Crippen LogP) is 5.38. The minimum Gasteiger partial charge on any atom is -0.338 e. The highest BCUT2D eigenvalue weighted by atomic mass is 16.2. The van der Waals surface area contributed by atoms with Crippen LogP contribution in [0.4, 0.5) is 21.9 Å². The number of amides is 4. The van der Waals surface area contributed by atoms with Gasteiger partial charge in [-0.2, -0.15) is 0 Å². The Kier molecular flexibility index (Phi) is 8.06. The molecule has 0 saturated carbocycles. The Labute approximate surface area is 229 Å². The van der Waals surface area contributed by atoms with Gasteiger partial charge in [0.15, 0.2) is 0 Å². The van der Waals surface area contributed by atoms with Crippen LogP contribution in [0.25, 0.3) is 11.1 Å². The Bertz CT molecular complexity index is 1360. The van der Waals surface area contributed by atoms with Crippen molar-refractivity contribution >= 4 is 34.9 Å². The standard InChI is InChI=1S/C31H37N5O3/c1-5-33-29(39)36-26-13-9-7-11-23(26)20-14-17-22(18-15-20)34-28(38)31(4,30(2,3)32)24-19-16-21-10-6-8-12-25(21)35-27(24)37/h6-15,17-18,24H,5,16,19,32H2,1-4H3,(H,34,38)(H,35,37)(H2,33,36,39)/t24-,31?/m0/s1. The summed E-state index contributed by atoms with van der Waals surface area (Å²) in [6.45, 7) is 7.74. The van der Waals surface area contributed by atoms with E-state index in [9.17, 15) is 14.4 Å². The van der Waals surface area contributed by atoms with E-state index in [2.05, 4.69) is 21.3 Å². The van der Waals surface area contributed by atoms with E-state index < -0.39 is 16.9 Å². The lowest BCUT2D eigenvalue weighted by Gasteiger charge is -2.44. The normalized spacial score (nSPS) is 16.6. The fraction of sp³-hybridized carbons (Fsp3) is 0.323. The van der Waals surface area contributed by atoms with Gasteiger partial charge < -0.3 is 27.0 Å². The Morgan fingerprint density at radius 3 is 2.31 bits per heavy atom. The third kappa shape index (κ3) is 5.81. The highest BCUT2D eigenvalue weighted by Gasteiger charge is 2.53. The molecular weight excluding hydrogens is 490 g/mol. The zero-order valence-electron chi connectivity index (χ0n) is 22.9. The minimum atomic E-state index is -1.19. The van der Waals surface area contributed by atoms with E-state index >= 15 is 0 Å². The number of carbonyl (C=O) groups excluding carboxylic acids is 3. The van der Waals surface area contributed by atoms with Gasteiger partial charge in [-0.05, 0) is 75.9 Å². The Morgan fingerprint density at radius 2 is 1.62 bits per heavy atom. The van der Waals surface area contributed by atoms with Crippen LogP contribution in [0.1, 0.15) is 39.7 Å². The van der Waals surface area contributed by atoms with Gasteiger partial charge in [0.05, 0.1) is 17.0 Å². The maximum atomic E-state index is 13.9. The van der Waals surface area contributed by atoms with Gasteiger partial charge in [0.25, 0.3) is 0 Å². The molecule has 39 heavy (non-hydrogen) atoms. The first-order valence-corrected chi connectivity index (χ1v) is 13.3. The van der Waals surface area contributed by atoms with Crippen molar-refractivity contribution in [3.05, 3.63) is 78.4 Å². The molecule has 3 aromatic rings. The number of anilines is 3. The number of urea groups is 1. The maximum Gasteiger partial charge on any atom is 0.319 e. The van der Waals surface area contributed by atoms with Gasteiger partial charge in [-0.1, -0.05) is 48.5 Å². The Hall–Kier alpha value is -4.17. The number of carbonyl (C=O) groups is 3. The summed E-state index contributed by atoms with van der Waals surface area (Å²) in [5.41, 5.74) is 9.25. The third-order valence-electron chi connectivity index (χ3n) is 7.77. The highest BCUT2D eigenvalue weighted by molar-refractivity contribution is 6.03. The molecule has 1 aliphatic rings. The van der Waals surface area contributed by atoms with Crippen molar-refractivity contribution in [3.63, 3.8) is 0 Å². The molecule has 0 aliphatic carbocycles. The number of rotatable bonds is 7. The smallest absolute Gasteiger partial charge is 0.319 e. The maximum absolute atomic E-state index is 13.9. The van der Waals surface area contributed by atoms with Crippen molar-refractivity contribution in [3.8, 4) is 11.1 Å². The molecule has 1 unspecified atom stereocenters. The fourth-order valence-corrected chi connectivity index (χ4v) is 5.13. The first kappa shape index (κ1) is 27.9. The molecule has 0 spiro atoms. The Morgan fingerprint density at radius 1 is 0.949 bits per heavy atom. The molecule has 8 nitrogen and oxygen atoms in total. The van der Waals surface area contributed by atoms with Crippen LogP contribution in [0.5, 0.6) is 0 Å². The molecule has 0 aromatic heterocycles. The lowest BCUT2D eigenvalue weighted by molar-refractivity contribution is -0.139. The number of hydrogen-bond donors (Lipinski definition) is 5. The highest BCUT2D eigenvalue weighted by Crippen LogP contribution is 2.43. The molecule has 6 N–H and O–H groups in total. The SMILES string of the molecule is CCNC(=O)Nc1ccccc1-c1ccc(NC(=O)C(C)([C@H]2CCc3ccccc3NC2=O)C(C)(C)N)cc1. The molecule has 1 heterocycles. The average molecular weight is 528 g/mol. The van der Waals surface area contributed by atoms with Crippen LogP contribution >= 0.6 is 0 Å². The fourth-order valence-electron chi connectivity index (χ4n) is 5.13. The molecular formula is C31H37N5O3. The van der Waals surface area contributed by atoms with Crippen LogP contribution in [-0.2, 0) is 16.0 Å². The predicted molar refractivity (Wildman–Crippen MR) is 156 cm³/mol. The minimum absolute atomic E-state index is 0.206. The van der Waals surface area contributed by atoms with Crippen LogP contribution in [0.3, 0.4) is 0 Å². The molecule has 0 fully saturated rings. The van der Waals surface area contributed by atoms with Gasteiger partial charge in [0.1, 0.15) is 0 Å². The second kappa shape index (κ2) is 11.3. The second-order valence-electron chi connectivity index (χ2n) is 10.7. The lowest BCUT2D eigenvalue weighted by atomic mass is 9.62. The summed E-state index contributed by atoms with van der Waals surface area (Å²) in [5, 5.41) is 11.6. The van der Waals surface area contributed by atoms with Crippen molar-refractivity contribution < 1.29 is 14.4 Å². The molecule has 4 amide bonds. The van der Waals surface area contributed by atoms with Crippen LogP contribution in [-0.4, -0.2) is 29.9 Å². The molecule has 1 aliphatic heterocycles.